The molecular formula is C17H25IN4S2. The lowest BCUT2D eigenvalue weighted by molar-refractivity contribution is 0.794. The molecule has 0 saturated carbocycles. The highest BCUT2D eigenvalue weighted by molar-refractivity contribution is 14.0. The van der Waals surface area contributed by atoms with Gasteiger partial charge in [0.1, 0.15) is 5.01 Å². The molecule has 7 heteroatoms. The summed E-state index contributed by atoms with van der Waals surface area (Å²) in [7, 11) is 0. The second kappa shape index (κ2) is 11.7. The van der Waals surface area contributed by atoms with Gasteiger partial charge in [0, 0.05) is 34.3 Å². The summed E-state index contributed by atoms with van der Waals surface area (Å²) in [5.41, 5.74) is 0. The van der Waals surface area contributed by atoms with Gasteiger partial charge in [0.15, 0.2) is 5.96 Å². The molecule has 132 valence electrons. The third kappa shape index (κ3) is 7.85. The van der Waals surface area contributed by atoms with E-state index >= 15 is 0 Å². The van der Waals surface area contributed by atoms with Gasteiger partial charge in [-0.3, -0.25) is 0 Å². The summed E-state index contributed by atoms with van der Waals surface area (Å²) in [6, 6.07) is 10.5. The number of nitrogens with one attached hydrogen (secondary N) is 2. The van der Waals surface area contributed by atoms with Crippen molar-refractivity contribution in [3.63, 3.8) is 0 Å². The largest absolute Gasteiger partial charge is 0.357 e. The Kier molecular flexibility index (Phi) is 10.4. The highest BCUT2D eigenvalue weighted by Crippen LogP contribution is 2.21. The molecule has 0 aliphatic carbocycles. The number of hydrogen-bond donors (Lipinski definition) is 2. The smallest absolute Gasteiger partial charge is 0.191 e. The van der Waals surface area contributed by atoms with Crippen molar-refractivity contribution in [2.24, 2.45) is 4.99 Å². The molecule has 0 bridgehead atoms. The van der Waals surface area contributed by atoms with Crippen LogP contribution in [-0.4, -0.2) is 29.3 Å². The van der Waals surface area contributed by atoms with Crippen molar-refractivity contribution in [3.8, 4) is 0 Å². The molecule has 0 aliphatic heterocycles. The van der Waals surface area contributed by atoms with Crippen LogP contribution in [0.1, 0.15) is 23.7 Å². The number of guanidine groups is 1. The van der Waals surface area contributed by atoms with Crippen LogP contribution in [0.5, 0.6) is 0 Å². The van der Waals surface area contributed by atoms with Gasteiger partial charge in [-0.1, -0.05) is 25.1 Å². The van der Waals surface area contributed by atoms with E-state index in [9.17, 15) is 0 Å². The van der Waals surface area contributed by atoms with Gasteiger partial charge in [0.25, 0.3) is 0 Å². The maximum absolute atomic E-state index is 4.61. The lowest BCUT2D eigenvalue weighted by Gasteiger charge is -2.15. The quantitative estimate of drug-likeness (QED) is 0.271. The SMILES string of the molecule is CCNC(=NCc1ncc(C)s1)NCC(C)Sc1ccccc1.I. The number of thiazole rings is 1. The predicted octanol–water partition coefficient (Wildman–Crippen LogP) is 4.31. The number of benzene rings is 1. The first kappa shape index (κ1) is 21.2. The van der Waals surface area contributed by atoms with Gasteiger partial charge < -0.3 is 10.6 Å². The van der Waals surface area contributed by atoms with Crippen molar-refractivity contribution in [1.29, 1.82) is 0 Å². The van der Waals surface area contributed by atoms with Crippen molar-refractivity contribution in [3.05, 3.63) is 46.4 Å². The number of halogens is 1. The van der Waals surface area contributed by atoms with E-state index in [1.807, 2.05) is 24.0 Å². The van der Waals surface area contributed by atoms with E-state index in [1.54, 1.807) is 11.3 Å². The highest BCUT2D eigenvalue weighted by Gasteiger charge is 2.06. The normalized spacial score (nSPS) is 12.4. The average Bonchev–Trinajstić information content (AvgIpc) is 2.96. The van der Waals surface area contributed by atoms with Crippen molar-refractivity contribution < 1.29 is 0 Å². The van der Waals surface area contributed by atoms with Gasteiger partial charge >= 0.3 is 0 Å². The summed E-state index contributed by atoms with van der Waals surface area (Å²) >= 11 is 3.56. The first-order valence-corrected chi connectivity index (χ1v) is 9.52. The molecule has 2 aromatic rings. The maximum atomic E-state index is 4.61. The zero-order valence-corrected chi connectivity index (χ0v) is 18.2. The van der Waals surface area contributed by atoms with E-state index in [2.05, 4.69) is 65.6 Å². The number of rotatable bonds is 7. The third-order valence-electron chi connectivity index (χ3n) is 3.02. The van der Waals surface area contributed by atoms with Crippen molar-refractivity contribution >= 4 is 53.0 Å². The summed E-state index contributed by atoms with van der Waals surface area (Å²) in [6.45, 7) is 8.70. The van der Waals surface area contributed by atoms with E-state index in [0.717, 1.165) is 24.1 Å². The lowest BCUT2D eigenvalue weighted by Crippen LogP contribution is -2.40. The Hall–Kier alpha value is -0.800. The summed E-state index contributed by atoms with van der Waals surface area (Å²) in [5.74, 6) is 0.848. The van der Waals surface area contributed by atoms with Gasteiger partial charge in [-0.2, -0.15) is 0 Å². The van der Waals surface area contributed by atoms with Gasteiger partial charge in [-0.25, -0.2) is 9.98 Å². The third-order valence-corrected chi connectivity index (χ3v) is 5.03. The fourth-order valence-corrected chi connectivity index (χ4v) is 3.63. The maximum Gasteiger partial charge on any atom is 0.191 e. The lowest BCUT2D eigenvalue weighted by atomic mass is 10.4. The van der Waals surface area contributed by atoms with E-state index in [4.69, 9.17) is 0 Å². The summed E-state index contributed by atoms with van der Waals surface area (Å²) in [4.78, 5) is 11.5. The number of aromatic nitrogens is 1. The zero-order chi connectivity index (χ0) is 16.5. The fourth-order valence-electron chi connectivity index (χ4n) is 1.98. The molecule has 0 aliphatic rings. The number of nitrogens with zero attached hydrogens (tertiary/aromatic N) is 2. The van der Waals surface area contributed by atoms with Crippen LogP contribution in [0.2, 0.25) is 0 Å². The Labute approximate surface area is 170 Å². The minimum absolute atomic E-state index is 0. The Morgan fingerprint density at radius 2 is 2.04 bits per heavy atom. The molecule has 1 heterocycles. The molecule has 2 N–H and O–H groups in total. The second-order valence-electron chi connectivity index (χ2n) is 5.18. The van der Waals surface area contributed by atoms with Gasteiger partial charge in [-0.15, -0.1) is 47.1 Å². The zero-order valence-electron chi connectivity index (χ0n) is 14.3. The van der Waals surface area contributed by atoms with Gasteiger partial charge in [-0.05, 0) is 26.0 Å². The molecule has 1 aromatic carbocycles. The van der Waals surface area contributed by atoms with Crippen LogP contribution in [0, 0.1) is 6.92 Å². The minimum Gasteiger partial charge on any atom is -0.357 e. The topological polar surface area (TPSA) is 49.3 Å². The monoisotopic (exact) mass is 476 g/mol. The van der Waals surface area contributed by atoms with Crippen LogP contribution >= 0.6 is 47.1 Å². The molecule has 1 aromatic heterocycles. The Morgan fingerprint density at radius 3 is 2.67 bits per heavy atom. The second-order valence-corrected chi connectivity index (χ2v) is 8.01. The number of thioether (sulfide) groups is 1. The van der Waals surface area contributed by atoms with Crippen LogP contribution < -0.4 is 10.6 Å². The van der Waals surface area contributed by atoms with Crippen LogP contribution in [-0.2, 0) is 6.54 Å². The molecule has 0 amide bonds. The van der Waals surface area contributed by atoms with Crippen molar-refractivity contribution in [2.75, 3.05) is 13.1 Å². The molecule has 0 saturated heterocycles. The van der Waals surface area contributed by atoms with Crippen LogP contribution in [0.15, 0.2) is 46.4 Å². The molecule has 2 rings (SSSR count). The molecule has 0 spiro atoms. The Balaban J connectivity index is 0.00000288. The van der Waals surface area contributed by atoms with Crippen molar-refractivity contribution in [2.45, 2.75) is 37.5 Å². The van der Waals surface area contributed by atoms with E-state index in [1.165, 1.54) is 9.77 Å². The van der Waals surface area contributed by atoms with E-state index < -0.39 is 0 Å². The van der Waals surface area contributed by atoms with Gasteiger partial charge in [0.05, 0.1) is 6.54 Å². The first-order chi connectivity index (χ1) is 11.2. The van der Waals surface area contributed by atoms with Crippen LogP contribution in [0.3, 0.4) is 0 Å². The number of aliphatic imine (C=N–C) groups is 1. The van der Waals surface area contributed by atoms with E-state index in [-0.39, 0.29) is 24.0 Å². The number of aryl methyl sites for hydroxylation is 1. The Bertz CT molecular complexity index is 616. The molecule has 4 nitrogen and oxygen atoms in total. The molecule has 0 radical (unpaired) electrons. The molecular weight excluding hydrogens is 451 g/mol. The van der Waals surface area contributed by atoms with Crippen molar-refractivity contribution in [1.82, 2.24) is 15.6 Å². The Morgan fingerprint density at radius 1 is 1.29 bits per heavy atom. The first-order valence-electron chi connectivity index (χ1n) is 7.82. The fraction of sp³-hybridized carbons (Fsp3) is 0.412. The summed E-state index contributed by atoms with van der Waals surface area (Å²) < 4.78 is 0. The average molecular weight is 476 g/mol. The summed E-state index contributed by atoms with van der Waals surface area (Å²) in [6.07, 6.45) is 1.90. The van der Waals surface area contributed by atoms with Crippen LogP contribution in [0.4, 0.5) is 0 Å². The van der Waals surface area contributed by atoms with Gasteiger partial charge in [0.2, 0.25) is 0 Å². The highest BCUT2D eigenvalue weighted by atomic mass is 127. The van der Waals surface area contributed by atoms with Crippen LogP contribution in [0.25, 0.3) is 0 Å². The van der Waals surface area contributed by atoms with E-state index in [0.29, 0.717) is 11.8 Å². The summed E-state index contributed by atoms with van der Waals surface area (Å²) in [5, 5.41) is 8.21. The molecule has 1 atom stereocenters. The standard InChI is InChI=1S/C17H24N4S2.HI/c1-4-18-17(21-12-16-19-10-14(3)23-16)20-11-13(2)22-15-8-6-5-7-9-15;/h5-10,13H,4,11-12H2,1-3H3,(H2,18,20,21);1H. The minimum atomic E-state index is 0. The predicted molar refractivity (Wildman–Crippen MR) is 117 cm³/mol. The number of hydrogen-bond acceptors (Lipinski definition) is 4. The molecule has 24 heavy (non-hydrogen) atoms. The molecule has 0 fully saturated rings. The molecule has 1 unspecified atom stereocenters.